The van der Waals surface area contributed by atoms with Crippen molar-refractivity contribution in [2.75, 3.05) is 5.32 Å². The molecule has 0 fully saturated rings. The number of carboxylic acids is 1. The van der Waals surface area contributed by atoms with Crippen LogP contribution in [-0.2, 0) is 15.8 Å². The van der Waals surface area contributed by atoms with E-state index in [1.807, 2.05) is 19.1 Å². The molecule has 0 aliphatic carbocycles. The van der Waals surface area contributed by atoms with Gasteiger partial charge in [-0.25, -0.2) is 9.50 Å². The van der Waals surface area contributed by atoms with Crippen molar-refractivity contribution in [2.24, 2.45) is 0 Å². The molecule has 0 spiro atoms. The molecular formula is C25H22F3N5O3. The molecule has 1 amide bonds. The fourth-order valence-electron chi connectivity index (χ4n) is 3.69. The van der Waals surface area contributed by atoms with Gasteiger partial charge in [-0.15, -0.1) is 0 Å². The normalized spacial score (nSPS) is 11.6. The van der Waals surface area contributed by atoms with Gasteiger partial charge in [0.05, 0.1) is 17.6 Å². The van der Waals surface area contributed by atoms with Gasteiger partial charge in [-0.1, -0.05) is 12.1 Å². The van der Waals surface area contributed by atoms with Crippen LogP contribution in [0.1, 0.15) is 36.9 Å². The Hall–Kier alpha value is -4.28. The van der Waals surface area contributed by atoms with E-state index < -0.39 is 17.8 Å². The van der Waals surface area contributed by atoms with Crippen molar-refractivity contribution in [1.82, 2.24) is 19.6 Å². The van der Waals surface area contributed by atoms with Crippen LogP contribution in [0.5, 0.6) is 0 Å². The maximum Gasteiger partial charge on any atom is 0.434 e. The van der Waals surface area contributed by atoms with Crippen LogP contribution in [0.4, 0.5) is 18.9 Å². The number of fused-ring (bicyclic) bond motifs is 1. The summed E-state index contributed by atoms with van der Waals surface area (Å²) in [5, 5.41) is 15.9. The molecular weight excluding hydrogens is 475 g/mol. The van der Waals surface area contributed by atoms with Crippen LogP contribution in [0.15, 0.2) is 54.9 Å². The van der Waals surface area contributed by atoms with Gasteiger partial charge < -0.3 is 10.4 Å². The average Bonchev–Trinajstić information content (AvgIpc) is 3.26. The van der Waals surface area contributed by atoms with Gasteiger partial charge in [0.15, 0.2) is 11.3 Å². The summed E-state index contributed by atoms with van der Waals surface area (Å²) in [6, 6.07) is 11.2. The molecule has 0 unspecified atom stereocenters. The van der Waals surface area contributed by atoms with Crippen LogP contribution in [0, 0.1) is 6.92 Å². The smallest absolute Gasteiger partial charge is 0.434 e. The van der Waals surface area contributed by atoms with Crippen molar-refractivity contribution in [1.29, 1.82) is 0 Å². The summed E-state index contributed by atoms with van der Waals surface area (Å²) >= 11 is 0. The minimum absolute atomic E-state index is 0.0176. The lowest BCUT2D eigenvalue weighted by Crippen LogP contribution is -2.12. The number of carboxylic acid groups (broad SMARTS) is 1. The molecule has 0 atom stereocenters. The van der Waals surface area contributed by atoms with Crippen LogP contribution >= 0.6 is 0 Å². The van der Waals surface area contributed by atoms with Gasteiger partial charge >= 0.3 is 12.1 Å². The lowest BCUT2D eigenvalue weighted by molar-refractivity contribution is -0.140. The number of imidazole rings is 1. The predicted molar refractivity (Wildman–Crippen MR) is 126 cm³/mol. The Morgan fingerprint density at radius 3 is 2.58 bits per heavy atom. The SMILES string of the molecule is Cc1ccc(-c2cn3nc(-c4cccnc4C(F)(F)F)ccc3n2)cc1NC(=O)CCCCC(=O)O. The second-order valence-corrected chi connectivity index (χ2v) is 8.22. The molecule has 1 aromatic carbocycles. The first-order valence-corrected chi connectivity index (χ1v) is 11.1. The van der Waals surface area contributed by atoms with Crippen molar-refractivity contribution < 1.29 is 27.9 Å². The second kappa shape index (κ2) is 10.1. The molecule has 4 rings (SSSR count). The standard InChI is InChI=1S/C25H22F3N5O3/c1-15-8-9-16(13-19(15)31-22(34)6-2-3-7-23(35)36)20-14-33-21(30-20)11-10-18(32-33)17-5-4-12-29-24(17)25(26,27)28/h4-5,8-14H,2-3,6-7H2,1H3,(H,31,34)(H,35,36). The van der Waals surface area contributed by atoms with E-state index >= 15 is 0 Å². The molecule has 3 heterocycles. The van der Waals surface area contributed by atoms with E-state index in [2.05, 4.69) is 20.4 Å². The van der Waals surface area contributed by atoms with E-state index in [0.29, 0.717) is 35.4 Å². The summed E-state index contributed by atoms with van der Waals surface area (Å²) in [6.45, 7) is 1.84. The van der Waals surface area contributed by atoms with Crippen LogP contribution in [0.2, 0.25) is 0 Å². The van der Waals surface area contributed by atoms with Gasteiger partial charge in [0.1, 0.15) is 0 Å². The van der Waals surface area contributed by atoms with Crippen molar-refractivity contribution in [3.63, 3.8) is 0 Å². The Morgan fingerprint density at radius 1 is 1.06 bits per heavy atom. The molecule has 11 heteroatoms. The largest absolute Gasteiger partial charge is 0.481 e. The molecule has 0 aliphatic heterocycles. The molecule has 4 aromatic rings. The summed E-state index contributed by atoms with van der Waals surface area (Å²) < 4.78 is 41.6. The quantitative estimate of drug-likeness (QED) is 0.317. The second-order valence-electron chi connectivity index (χ2n) is 8.22. The zero-order chi connectivity index (χ0) is 25.9. The molecule has 0 aliphatic rings. The predicted octanol–water partition coefficient (Wildman–Crippen LogP) is 5.37. The zero-order valence-electron chi connectivity index (χ0n) is 19.2. The monoisotopic (exact) mass is 497 g/mol. The highest BCUT2D eigenvalue weighted by Crippen LogP contribution is 2.34. The number of pyridine rings is 1. The molecule has 3 aromatic heterocycles. The van der Waals surface area contributed by atoms with Gasteiger partial charge in [0, 0.05) is 35.9 Å². The number of halogens is 3. The van der Waals surface area contributed by atoms with Crippen LogP contribution in [0.3, 0.4) is 0 Å². The lowest BCUT2D eigenvalue weighted by atomic mass is 10.1. The number of unbranched alkanes of at least 4 members (excludes halogenated alkanes) is 1. The number of carbonyl (C=O) groups is 2. The molecule has 0 radical (unpaired) electrons. The topological polar surface area (TPSA) is 109 Å². The molecule has 2 N–H and O–H groups in total. The highest BCUT2D eigenvalue weighted by Gasteiger charge is 2.35. The maximum absolute atomic E-state index is 13.4. The number of hydrogen-bond acceptors (Lipinski definition) is 5. The highest BCUT2D eigenvalue weighted by atomic mass is 19.4. The number of nitrogens with zero attached hydrogens (tertiary/aromatic N) is 4. The van der Waals surface area contributed by atoms with E-state index in [4.69, 9.17) is 5.11 Å². The lowest BCUT2D eigenvalue weighted by Gasteiger charge is -2.10. The molecule has 8 nitrogen and oxygen atoms in total. The van der Waals surface area contributed by atoms with Gasteiger partial charge in [-0.3, -0.25) is 14.6 Å². The molecule has 0 saturated carbocycles. The number of aromatic nitrogens is 4. The fraction of sp³-hybridized carbons (Fsp3) is 0.240. The Balaban J connectivity index is 1.57. The van der Waals surface area contributed by atoms with E-state index in [1.54, 1.807) is 18.3 Å². The third-order valence-corrected chi connectivity index (χ3v) is 5.52. The van der Waals surface area contributed by atoms with Gasteiger partial charge in [-0.05, 0) is 55.7 Å². The minimum atomic E-state index is -4.62. The first kappa shape index (κ1) is 24.8. The number of aryl methyl sites for hydroxylation is 1. The number of nitrogens with one attached hydrogen (secondary N) is 1. The molecule has 186 valence electrons. The summed E-state index contributed by atoms with van der Waals surface area (Å²) in [6.07, 6.45) is -0.831. The fourth-order valence-corrected chi connectivity index (χ4v) is 3.69. The number of anilines is 1. The zero-order valence-corrected chi connectivity index (χ0v) is 19.2. The number of amides is 1. The van der Waals surface area contributed by atoms with E-state index in [0.717, 1.165) is 11.8 Å². The van der Waals surface area contributed by atoms with Gasteiger partial charge in [0.25, 0.3) is 0 Å². The number of rotatable bonds is 8. The van der Waals surface area contributed by atoms with Crippen molar-refractivity contribution >= 4 is 23.2 Å². The van der Waals surface area contributed by atoms with E-state index in [-0.39, 0.29) is 30.0 Å². The molecule has 0 bridgehead atoms. The van der Waals surface area contributed by atoms with Crippen LogP contribution in [-0.4, -0.2) is 36.6 Å². The van der Waals surface area contributed by atoms with Gasteiger partial charge in [0.2, 0.25) is 5.91 Å². The third kappa shape index (κ3) is 5.68. The first-order valence-electron chi connectivity index (χ1n) is 11.1. The Morgan fingerprint density at radius 2 is 1.83 bits per heavy atom. The minimum Gasteiger partial charge on any atom is -0.481 e. The maximum atomic E-state index is 13.4. The van der Waals surface area contributed by atoms with Crippen LogP contribution in [0.25, 0.3) is 28.2 Å². The average molecular weight is 497 g/mol. The number of benzene rings is 1. The van der Waals surface area contributed by atoms with Crippen molar-refractivity contribution in [3.8, 4) is 22.5 Å². The van der Waals surface area contributed by atoms with Crippen LogP contribution < -0.4 is 5.32 Å². The summed E-state index contributed by atoms with van der Waals surface area (Å²) in [4.78, 5) is 30.9. The number of hydrogen-bond donors (Lipinski definition) is 2. The summed E-state index contributed by atoms with van der Waals surface area (Å²) in [5.74, 6) is -1.12. The number of alkyl halides is 3. The van der Waals surface area contributed by atoms with E-state index in [9.17, 15) is 22.8 Å². The third-order valence-electron chi connectivity index (χ3n) is 5.52. The Bertz CT molecular complexity index is 1430. The van der Waals surface area contributed by atoms with Crippen molar-refractivity contribution in [3.05, 3.63) is 66.1 Å². The molecule has 0 saturated heterocycles. The summed E-state index contributed by atoms with van der Waals surface area (Å²) in [5.41, 5.74) is 2.03. The Labute approximate surface area is 203 Å². The molecule has 36 heavy (non-hydrogen) atoms. The number of carbonyl (C=O) groups excluding carboxylic acids is 1. The first-order chi connectivity index (χ1) is 17.1. The highest BCUT2D eigenvalue weighted by molar-refractivity contribution is 5.92. The number of aliphatic carboxylic acids is 1. The van der Waals surface area contributed by atoms with Crippen molar-refractivity contribution in [2.45, 2.75) is 38.8 Å². The van der Waals surface area contributed by atoms with Gasteiger partial charge in [-0.2, -0.15) is 18.3 Å². The Kier molecular flexibility index (Phi) is 7.00. The van der Waals surface area contributed by atoms with E-state index in [1.165, 1.54) is 22.7 Å². The summed E-state index contributed by atoms with van der Waals surface area (Å²) in [7, 11) is 0.